The van der Waals surface area contributed by atoms with Crippen LogP contribution in [0.25, 0.3) is 0 Å². The zero-order valence-electron chi connectivity index (χ0n) is 13.2. The Morgan fingerprint density at radius 1 is 1.30 bits per heavy atom. The Labute approximate surface area is 123 Å². The molecule has 2 atom stereocenters. The third-order valence-corrected chi connectivity index (χ3v) is 4.20. The van der Waals surface area contributed by atoms with E-state index in [4.69, 9.17) is 4.74 Å². The second kappa shape index (κ2) is 7.80. The van der Waals surface area contributed by atoms with Crippen molar-refractivity contribution in [1.82, 2.24) is 5.32 Å². The van der Waals surface area contributed by atoms with Crippen molar-refractivity contribution in [2.45, 2.75) is 58.6 Å². The molecule has 2 unspecified atom stereocenters. The van der Waals surface area contributed by atoms with E-state index >= 15 is 0 Å². The lowest BCUT2D eigenvalue weighted by molar-refractivity contribution is 0.0889. The van der Waals surface area contributed by atoms with Gasteiger partial charge in [0, 0.05) is 12.6 Å². The third kappa shape index (κ3) is 4.92. The van der Waals surface area contributed by atoms with Crippen LogP contribution in [-0.4, -0.2) is 25.3 Å². The molecule has 1 aliphatic heterocycles. The van der Waals surface area contributed by atoms with Crippen LogP contribution in [0.1, 0.15) is 44.2 Å². The van der Waals surface area contributed by atoms with Crippen LogP contribution in [0.5, 0.6) is 0 Å². The summed E-state index contributed by atoms with van der Waals surface area (Å²) in [4.78, 5) is 0. The second-order valence-corrected chi connectivity index (χ2v) is 6.43. The molecule has 0 radical (unpaired) electrons. The van der Waals surface area contributed by atoms with Crippen LogP contribution in [0.4, 0.5) is 0 Å². The predicted molar refractivity (Wildman–Crippen MR) is 85.1 cm³/mol. The molecule has 20 heavy (non-hydrogen) atoms. The van der Waals surface area contributed by atoms with Gasteiger partial charge in [0.05, 0.1) is 6.10 Å². The van der Waals surface area contributed by atoms with Crippen LogP contribution >= 0.6 is 0 Å². The van der Waals surface area contributed by atoms with Gasteiger partial charge in [0.1, 0.15) is 0 Å². The molecular formula is C18H29NO. The van der Waals surface area contributed by atoms with E-state index in [-0.39, 0.29) is 0 Å². The fourth-order valence-electron chi connectivity index (χ4n) is 2.99. The Morgan fingerprint density at radius 3 is 2.75 bits per heavy atom. The van der Waals surface area contributed by atoms with Crippen molar-refractivity contribution in [1.29, 1.82) is 0 Å². The van der Waals surface area contributed by atoms with E-state index < -0.39 is 0 Å². The van der Waals surface area contributed by atoms with Gasteiger partial charge in [0.25, 0.3) is 0 Å². The lowest BCUT2D eigenvalue weighted by atomic mass is 9.90. The summed E-state index contributed by atoms with van der Waals surface area (Å²) in [6, 6.07) is 9.32. The normalized spacial score (nSPS) is 20.5. The molecule has 0 spiro atoms. The molecule has 1 N–H and O–H groups in total. The van der Waals surface area contributed by atoms with Crippen LogP contribution in [0.2, 0.25) is 0 Å². The van der Waals surface area contributed by atoms with E-state index in [9.17, 15) is 0 Å². The van der Waals surface area contributed by atoms with Crippen LogP contribution in [0.3, 0.4) is 0 Å². The summed E-state index contributed by atoms with van der Waals surface area (Å²) < 4.78 is 5.83. The summed E-state index contributed by atoms with van der Waals surface area (Å²) in [5.74, 6) is 0.668. The molecule has 1 aromatic carbocycles. The maximum Gasteiger partial charge on any atom is 0.0579 e. The maximum absolute atomic E-state index is 5.83. The fraction of sp³-hybridized carbons (Fsp3) is 0.667. The minimum atomic E-state index is 0.484. The van der Waals surface area contributed by atoms with Crippen LogP contribution in [-0.2, 0) is 11.2 Å². The Balaban J connectivity index is 1.95. The first-order valence-corrected chi connectivity index (χ1v) is 8.04. The molecule has 0 amide bonds. The summed E-state index contributed by atoms with van der Waals surface area (Å²) in [6.45, 7) is 8.70. The number of benzene rings is 1. The molecule has 2 rings (SSSR count). The van der Waals surface area contributed by atoms with Gasteiger partial charge in [-0.3, -0.25) is 0 Å². The minimum Gasteiger partial charge on any atom is -0.378 e. The highest BCUT2D eigenvalue weighted by Crippen LogP contribution is 2.23. The number of hydrogen-bond acceptors (Lipinski definition) is 2. The number of nitrogens with one attached hydrogen (secondary N) is 1. The van der Waals surface area contributed by atoms with Crippen LogP contribution in [0.15, 0.2) is 24.3 Å². The second-order valence-electron chi connectivity index (χ2n) is 6.43. The van der Waals surface area contributed by atoms with E-state index in [0.29, 0.717) is 18.1 Å². The monoisotopic (exact) mass is 275 g/mol. The fourth-order valence-corrected chi connectivity index (χ4v) is 2.99. The van der Waals surface area contributed by atoms with E-state index in [1.807, 2.05) is 0 Å². The average Bonchev–Trinajstić information content (AvgIpc) is 2.91. The smallest absolute Gasteiger partial charge is 0.0579 e. The van der Waals surface area contributed by atoms with Gasteiger partial charge in [-0.25, -0.2) is 0 Å². The molecular weight excluding hydrogens is 246 g/mol. The van der Waals surface area contributed by atoms with Gasteiger partial charge in [-0.1, -0.05) is 38.1 Å². The Kier molecular flexibility index (Phi) is 6.06. The van der Waals surface area contributed by atoms with Gasteiger partial charge in [0.15, 0.2) is 0 Å². The molecule has 1 heterocycles. The number of hydrogen-bond donors (Lipinski definition) is 1. The van der Waals surface area contributed by atoms with Gasteiger partial charge in [0.2, 0.25) is 0 Å². The zero-order chi connectivity index (χ0) is 14.4. The molecule has 1 aliphatic rings. The average molecular weight is 275 g/mol. The van der Waals surface area contributed by atoms with Gasteiger partial charge < -0.3 is 10.1 Å². The van der Waals surface area contributed by atoms with E-state index in [1.165, 1.54) is 30.4 Å². The Morgan fingerprint density at radius 2 is 2.10 bits per heavy atom. The summed E-state index contributed by atoms with van der Waals surface area (Å²) in [6.07, 6.45) is 5.31. The quantitative estimate of drug-likeness (QED) is 0.819. The molecule has 0 aromatic heterocycles. The van der Waals surface area contributed by atoms with Crippen molar-refractivity contribution in [3.8, 4) is 0 Å². The molecule has 0 bridgehead atoms. The summed E-state index contributed by atoms with van der Waals surface area (Å²) in [5, 5.41) is 3.60. The van der Waals surface area contributed by atoms with E-state index in [1.54, 1.807) is 0 Å². The molecule has 2 heteroatoms. The molecule has 1 aromatic rings. The lowest BCUT2D eigenvalue weighted by Crippen LogP contribution is -2.32. The van der Waals surface area contributed by atoms with Gasteiger partial charge in [-0.15, -0.1) is 0 Å². The van der Waals surface area contributed by atoms with Gasteiger partial charge >= 0.3 is 0 Å². The molecule has 112 valence electrons. The molecule has 2 nitrogen and oxygen atoms in total. The topological polar surface area (TPSA) is 21.3 Å². The highest BCUT2D eigenvalue weighted by molar-refractivity contribution is 5.26. The highest BCUT2D eigenvalue weighted by Gasteiger charge is 2.21. The standard InChI is InChI=1S/C18H29NO/c1-14(2)19-13-16(12-18-9-6-10-20-18)11-17-8-5-4-7-15(17)3/h4-5,7-8,14,16,18-19H,6,9-13H2,1-3H3. The summed E-state index contributed by atoms with van der Waals surface area (Å²) >= 11 is 0. The molecule has 0 saturated carbocycles. The van der Waals surface area contributed by atoms with Crippen molar-refractivity contribution in [3.63, 3.8) is 0 Å². The van der Waals surface area contributed by atoms with Gasteiger partial charge in [-0.05, 0) is 56.2 Å². The molecule has 0 aliphatic carbocycles. The van der Waals surface area contributed by atoms with Crippen molar-refractivity contribution in [3.05, 3.63) is 35.4 Å². The first-order chi connectivity index (χ1) is 9.65. The number of ether oxygens (including phenoxy) is 1. The minimum absolute atomic E-state index is 0.484. The van der Waals surface area contributed by atoms with E-state index in [2.05, 4.69) is 50.4 Å². The summed E-state index contributed by atoms with van der Waals surface area (Å²) in [5.41, 5.74) is 2.90. The molecule has 1 fully saturated rings. The lowest BCUT2D eigenvalue weighted by Gasteiger charge is -2.23. The van der Waals surface area contributed by atoms with E-state index in [0.717, 1.165) is 19.6 Å². The summed E-state index contributed by atoms with van der Waals surface area (Å²) in [7, 11) is 0. The first kappa shape index (κ1) is 15.5. The predicted octanol–water partition coefficient (Wildman–Crippen LogP) is 3.72. The Bertz CT molecular complexity index is 396. The largest absolute Gasteiger partial charge is 0.378 e. The van der Waals surface area contributed by atoms with Crippen LogP contribution < -0.4 is 5.32 Å². The maximum atomic E-state index is 5.83. The third-order valence-electron chi connectivity index (χ3n) is 4.20. The Hall–Kier alpha value is -0.860. The van der Waals surface area contributed by atoms with Crippen molar-refractivity contribution < 1.29 is 4.74 Å². The van der Waals surface area contributed by atoms with Crippen molar-refractivity contribution in [2.24, 2.45) is 5.92 Å². The zero-order valence-corrected chi connectivity index (χ0v) is 13.2. The van der Waals surface area contributed by atoms with Gasteiger partial charge in [-0.2, -0.15) is 0 Å². The van der Waals surface area contributed by atoms with Crippen molar-refractivity contribution in [2.75, 3.05) is 13.2 Å². The molecule has 1 saturated heterocycles. The number of rotatable bonds is 7. The first-order valence-electron chi connectivity index (χ1n) is 8.04. The number of aryl methyl sites for hydroxylation is 1. The van der Waals surface area contributed by atoms with Crippen molar-refractivity contribution >= 4 is 0 Å². The SMILES string of the molecule is Cc1ccccc1CC(CNC(C)C)CC1CCCO1. The highest BCUT2D eigenvalue weighted by atomic mass is 16.5. The van der Waals surface area contributed by atoms with Crippen LogP contribution in [0, 0.1) is 12.8 Å².